The van der Waals surface area contributed by atoms with Gasteiger partial charge in [-0.25, -0.2) is 0 Å². The average Bonchev–Trinajstić information content (AvgIpc) is 2.36. The second kappa shape index (κ2) is 3.34. The summed E-state index contributed by atoms with van der Waals surface area (Å²) in [6.45, 7) is 5.28. The molecule has 1 aromatic rings. The van der Waals surface area contributed by atoms with Crippen LogP contribution in [-0.4, -0.2) is 14.8 Å². The molecule has 0 atom stereocenters. The molecule has 0 aliphatic heterocycles. The maximum absolute atomic E-state index is 3.97. The van der Waals surface area contributed by atoms with Gasteiger partial charge in [0, 0.05) is 13.0 Å². The first kappa shape index (κ1) is 7.25. The minimum absolute atomic E-state index is 0.972. The summed E-state index contributed by atoms with van der Waals surface area (Å²) >= 11 is 0. The van der Waals surface area contributed by atoms with Gasteiger partial charge < -0.3 is 4.57 Å². The summed E-state index contributed by atoms with van der Waals surface area (Å²) in [4.78, 5) is 0. The molecule has 1 heterocycles. The highest BCUT2D eigenvalue weighted by Gasteiger charge is 1.97. The van der Waals surface area contributed by atoms with Crippen LogP contribution in [0.15, 0.2) is 6.33 Å². The summed E-state index contributed by atoms with van der Waals surface area (Å²) in [5.41, 5.74) is 0. The maximum Gasteiger partial charge on any atom is 0.132 e. The van der Waals surface area contributed by atoms with Gasteiger partial charge in [0.2, 0.25) is 0 Å². The van der Waals surface area contributed by atoms with E-state index in [2.05, 4.69) is 28.6 Å². The van der Waals surface area contributed by atoms with Crippen molar-refractivity contribution in [1.82, 2.24) is 14.8 Å². The molecular weight excluding hydrogens is 126 g/mol. The Hall–Kier alpha value is -0.860. The minimum Gasteiger partial charge on any atom is -0.318 e. The van der Waals surface area contributed by atoms with Gasteiger partial charge in [-0.2, -0.15) is 0 Å². The Morgan fingerprint density at radius 3 is 2.90 bits per heavy atom. The number of hydrogen-bond donors (Lipinski definition) is 0. The normalized spacial score (nSPS) is 10.2. The van der Waals surface area contributed by atoms with Crippen LogP contribution < -0.4 is 0 Å². The Kier molecular flexibility index (Phi) is 2.42. The molecule has 3 nitrogen and oxygen atoms in total. The smallest absolute Gasteiger partial charge is 0.132 e. The van der Waals surface area contributed by atoms with E-state index >= 15 is 0 Å². The monoisotopic (exact) mass is 139 g/mol. The fourth-order valence-electron chi connectivity index (χ4n) is 0.980. The second-order valence-corrected chi connectivity index (χ2v) is 2.29. The minimum atomic E-state index is 0.972. The molecule has 56 valence electrons. The zero-order valence-electron chi connectivity index (χ0n) is 6.54. The van der Waals surface area contributed by atoms with Gasteiger partial charge in [-0.3, -0.25) is 0 Å². The van der Waals surface area contributed by atoms with Crippen LogP contribution in [0.2, 0.25) is 0 Å². The van der Waals surface area contributed by atoms with E-state index in [0.29, 0.717) is 0 Å². The number of nitrogens with zero attached hydrogens (tertiary/aromatic N) is 3. The van der Waals surface area contributed by atoms with E-state index < -0.39 is 0 Å². The van der Waals surface area contributed by atoms with Crippen molar-refractivity contribution in [3.8, 4) is 0 Å². The fourth-order valence-corrected chi connectivity index (χ4v) is 0.980. The number of aromatic nitrogens is 3. The first-order chi connectivity index (χ1) is 4.88. The van der Waals surface area contributed by atoms with E-state index in [1.165, 1.54) is 0 Å². The van der Waals surface area contributed by atoms with Crippen LogP contribution in [0.4, 0.5) is 0 Å². The molecule has 0 aromatic carbocycles. The van der Waals surface area contributed by atoms with E-state index in [1.807, 2.05) is 0 Å². The fraction of sp³-hybridized carbons (Fsp3) is 0.714. The van der Waals surface area contributed by atoms with Crippen molar-refractivity contribution < 1.29 is 0 Å². The molecule has 0 amide bonds. The standard InChI is InChI=1S/C7H13N3/c1-3-5-10-6-8-9-7(10)4-2/h6H,3-5H2,1-2H3. The highest BCUT2D eigenvalue weighted by molar-refractivity contribution is 4.83. The first-order valence-electron chi connectivity index (χ1n) is 3.75. The van der Waals surface area contributed by atoms with E-state index in [4.69, 9.17) is 0 Å². The van der Waals surface area contributed by atoms with Crippen LogP contribution in [0.25, 0.3) is 0 Å². The molecule has 0 aliphatic rings. The van der Waals surface area contributed by atoms with Gasteiger partial charge in [-0.05, 0) is 6.42 Å². The molecule has 0 N–H and O–H groups in total. The summed E-state index contributed by atoms with van der Waals surface area (Å²) in [7, 11) is 0. The van der Waals surface area contributed by atoms with Crippen molar-refractivity contribution in [1.29, 1.82) is 0 Å². The topological polar surface area (TPSA) is 30.7 Å². The summed E-state index contributed by atoms with van der Waals surface area (Å²) in [6.07, 6.45) is 3.91. The third kappa shape index (κ3) is 1.35. The van der Waals surface area contributed by atoms with Gasteiger partial charge in [0.25, 0.3) is 0 Å². The molecule has 1 rings (SSSR count). The quantitative estimate of drug-likeness (QED) is 0.631. The first-order valence-corrected chi connectivity index (χ1v) is 3.75. The average molecular weight is 139 g/mol. The molecule has 10 heavy (non-hydrogen) atoms. The SMILES string of the molecule is CCCn1cnnc1CC. The third-order valence-electron chi connectivity index (χ3n) is 1.48. The van der Waals surface area contributed by atoms with Crippen LogP contribution in [0.5, 0.6) is 0 Å². The molecule has 0 saturated heterocycles. The van der Waals surface area contributed by atoms with Crippen LogP contribution in [0, 0.1) is 0 Å². The Morgan fingerprint density at radius 2 is 2.30 bits per heavy atom. The lowest BCUT2D eigenvalue weighted by Crippen LogP contribution is -2.00. The molecule has 0 bridgehead atoms. The lowest BCUT2D eigenvalue weighted by atomic mass is 10.4. The maximum atomic E-state index is 3.97. The van der Waals surface area contributed by atoms with Crippen molar-refractivity contribution in [3.63, 3.8) is 0 Å². The number of hydrogen-bond acceptors (Lipinski definition) is 2. The Bertz CT molecular complexity index is 192. The van der Waals surface area contributed by atoms with E-state index in [-0.39, 0.29) is 0 Å². The molecule has 0 fully saturated rings. The molecule has 0 unspecified atom stereocenters. The molecular formula is C7H13N3. The molecule has 0 saturated carbocycles. The summed E-state index contributed by atoms with van der Waals surface area (Å²) in [5, 5.41) is 7.79. The highest BCUT2D eigenvalue weighted by atomic mass is 15.3. The van der Waals surface area contributed by atoms with Crippen LogP contribution in [-0.2, 0) is 13.0 Å². The Labute approximate surface area is 61.1 Å². The number of aryl methyl sites for hydroxylation is 2. The van der Waals surface area contributed by atoms with Crippen molar-refractivity contribution in [2.45, 2.75) is 33.2 Å². The predicted octanol–water partition coefficient (Wildman–Crippen LogP) is 1.25. The molecule has 0 spiro atoms. The van der Waals surface area contributed by atoms with Gasteiger partial charge in [-0.15, -0.1) is 10.2 Å². The second-order valence-electron chi connectivity index (χ2n) is 2.29. The van der Waals surface area contributed by atoms with Crippen LogP contribution in [0.3, 0.4) is 0 Å². The van der Waals surface area contributed by atoms with Gasteiger partial charge in [0.1, 0.15) is 12.2 Å². The predicted molar refractivity (Wildman–Crippen MR) is 39.7 cm³/mol. The molecule has 3 heteroatoms. The van der Waals surface area contributed by atoms with Crippen molar-refractivity contribution >= 4 is 0 Å². The van der Waals surface area contributed by atoms with Crippen molar-refractivity contribution in [3.05, 3.63) is 12.2 Å². The zero-order valence-corrected chi connectivity index (χ0v) is 6.54. The van der Waals surface area contributed by atoms with Gasteiger partial charge in [-0.1, -0.05) is 13.8 Å². The van der Waals surface area contributed by atoms with Crippen LogP contribution >= 0.6 is 0 Å². The number of rotatable bonds is 3. The highest BCUT2D eigenvalue weighted by Crippen LogP contribution is 1.96. The van der Waals surface area contributed by atoms with E-state index in [9.17, 15) is 0 Å². The third-order valence-corrected chi connectivity index (χ3v) is 1.48. The lowest BCUT2D eigenvalue weighted by molar-refractivity contribution is 0.642. The molecule has 0 aliphatic carbocycles. The van der Waals surface area contributed by atoms with Crippen molar-refractivity contribution in [2.24, 2.45) is 0 Å². The molecule has 1 aromatic heterocycles. The summed E-state index contributed by atoms with van der Waals surface area (Å²) in [5.74, 6) is 1.09. The van der Waals surface area contributed by atoms with Gasteiger partial charge in [0.15, 0.2) is 0 Å². The van der Waals surface area contributed by atoms with Gasteiger partial charge >= 0.3 is 0 Å². The van der Waals surface area contributed by atoms with E-state index in [1.54, 1.807) is 6.33 Å². The van der Waals surface area contributed by atoms with E-state index in [0.717, 1.165) is 25.2 Å². The summed E-state index contributed by atoms with van der Waals surface area (Å²) in [6, 6.07) is 0. The van der Waals surface area contributed by atoms with Crippen molar-refractivity contribution in [2.75, 3.05) is 0 Å². The Morgan fingerprint density at radius 1 is 1.50 bits per heavy atom. The van der Waals surface area contributed by atoms with Crippen LogP contribution in [0.1, 0.15) is 26.1 Å². The lowest BCUT2D eigenvalue weighted by Gasteiger charge is -2.00. The Balaban J connectivity index is 2.70. The summed E-state index contributed by atoms with van der Waals surface area (Å²) < 4.78 is 2.10. The van der Waals surface area contributed by atoms with Gasteiger partial charge in [0.05, 0.1) is 0 Å². The molecule has 0 radical (unpaired) electrons. The zero-order chi connectivity index (χ0) is 7.40. The largest absolute Gasteiger partial charge is 0.318 e.